The topological polar surface area (TPSA) is 110 Å². The maximum Gasteiger partial charge on any atom is 0.331 e. The van der Waals surface area contributed by atoms with Gasteiger partial charge in [0.25, 0.3) is 15.6 Å². The van der Waals surface area contributed by atoms with Gasteiger partial charge in [0.1, 0.15) is 5.82 Å². The van der Waals surface area contributed by atoms with E-state index in [1.165, 1.54) is 48.0 Å². The average Bonchev–Trinajstić information content (AvgIpc) is 3.32. The molecular formula is C22H23FN4O5S. The molecule has 0 spiro atoms. The number of aryl methyl sites for hydroxylation is 1. The van der Waals surface area contributed by atoms with Crippen LogP contribution < -0.4 is 16.0 Å². The third-order valence-corrected chi connectivity index (χ3v) is 7.10. The summed E-state index contributed by atoms with van der Waals surface area (Å²) in [4.78, 5) is 39.7. The van der Waals surface area contributed by atoms with E-state index in [9.17, 15) is 27.2 Å². The Morgan fingerprint density at radius 2 is 1.82 bits per heavy atom. The third kappa shape index (κ3) is 4.54. The molecule has 0 unspecified atom stereocenters. The number of nitrogens with zero attached hydrogens (tertiary/aromatic N) is 3. The lowest BCUT2D eigenvalue weighted by atomic mass is 10.2. The Morgan fingerprint density at radius 3 is 2.52 bits per heavy atom. The molecule has 33 heavy (non-hydrogen) atoms. The maximum absolute atomic E-state index is 13.4. The van der Waals surface area contributed by atoms with Gasteiger partial charge in [-0.1, -0.05) is 6.07 Å². The molecule has 1 aromatic heterocycles. The van der Waals surface area contributed by atoms with E-state index in [4.69, 9.17) is 0 Å². The number of halogens is 1. The number of hydrogen-bond acceptors (Lipinski definition) is 5. The lowest BCUT2D eigenvalue weighted by molar-refractivity contribution is -0.130. The van der Waals surface area contributed by atoms with E-state index >= 15 is 0 Å². The van der Waals surface area contributed by atoms with Gasteiger partial charge < -0.3 is 4.90 Å². The number of anilines is 1. The van der Waals surface area contributed by atoms with Crippen molar-refractivity contribution in [2.75, 3.05) is 17.8 Å². The highest BCUT2D eigenvalue weighted by molar-refractivity contribution is 7.92. The minimum Gasteiger partial charge on any atom is -0.343 e. The fourth-order valence-electron chi connectivity index (χ4n) is 3.96. The van der Waals surface area contributed by atoms with Crippen molar-refractivity contribution in [3.8, 4) is 0 Å². The summed E-state index contributed by atoms with van der Waals surface area (Å²) in [5.41, 5.74) is -0.967. The summed E-state index contributed by atoms with van der Waals surface area (Å²) in [7, 11) is -2.65. The summed E-state index contributed by atoms with van der Waals surface area (Å²) < 4.78 is 43.5. The van der Waals surface area contributed by atoms with Gasteiger partial charge >= 0.3 is 5.69 Å². The monoisotopic (exact) mass is 474 g/mol. The van der Waals surface area contributed by atoms with Crippen molar-refractivity contribution in [3.05, 3.63) is 69.1 Å². The Hall–Kier alpha value is -3.47. The first kappa shape index (κ1) is 22.7. The van der Waals surface area contributed by atoms with E-state index in [1.807, 2.05) is 0 Å². The molecule has 0 aliphatic carbocycles. The minimum atomic E-state index is -4.12. The van der Waals surface area contributed by atoms with Crippen molar-refractivity contribution in [2.45, 2.75) is 30.7 Å². The Balaban J connectivity index is 1.69. The van der Waals surface area contributed by atoms with Gasteiger partial charge in [-0.3, -0.25) is 23.4 Å². The van der Waals surface area contributed by atoms with Crippen molar-refractivity contribution in [1.29, 1.82) is 0 Å². The normalized spacial score (nSPS) is 14.1. The zero-order valence-corrected chi connectivity index (χ0v) is 18.8. The van der Waals surface area contributed by atoms with Gasteiger partial charge in [-0.2, -0.15) is 0 Å². The summed E-state index contributed by atoms with van der Waals surface area (Å²) in [6.45, 7) is 1.24. The van der Waals surface area contributed by atoms with E-state index < -0.39 is 27.1 Å². The molecule has 0 bridgehead atoms. The Bertz CT molecular complexity index is 1460. The highest BCUT2D eigenvalue weighted by atomic mass is 32.2. The standard InChI is InChI=1S/C22H23FN4O5S/c1-25-19-8-7-17(33(31,32)24-16-6-4-5-15(23)13-16)14-18(19)21(29)27(22(25)30)12-9-20(28)26-10-2-3-11-26/h4-8,13-14,24H,2-3,9-12H2,1H3. The molecule has 1 fully saturated rings. The molecular weight excluding hydrogens is 451 g/mol. The maximum atomic E-state index is 13.4. The SMILES string of the molecule is Cn1c(=O)n(CCC(=O)N2CCCC2)c(=O)c2cc(S(=O)(=O)Nc3cccc(F)c3)ccc21. The van der Waals surface area contributed by atoms with Crippen LogP contribution in [-0.4, -0.2) is 41.4 Å². The number of rotatable bonds is 6. The molecule has 1 saturated heterocycles. The highest BCUT2D eigenvalue weighted by Gasteiger charge is 2.21. The van der Waals surface area contributed by atoms with E-state index in [-0.39, 0.29) is 40.4 Å². The first-order valence-electron chi connectivity index (χ1n) is 10.5. The zero-order chi connectivity index (χ0) is 23.8. The number of nitrogens with one attached hydrogen (secondary N) is 1. The van der Waals surface area contributed by atoms with Crippen LogP contribution in [0.4, 0.5) is 10.1 Å². The molecule has 1 N–H and O–H groups in total. The van der Waals surface area contributed by atoms with Crippen LogP contribution in [0.3, 0.4) is 0 Å². The Kier molecular flexibility index (Phi) is 6.07. The zero-order valence-electron chi connectivity index (χ0n) is 18.0. The lowest BCUT2D eigenvalue weighted by Gasteiger charge is -2.16. The van der Waals surface area contributed by atoms with Crippen molar-refractivity contribution in [2.24, 2.45) is 7.05 Å². The third-order valence-electron chi connectivity index (χ3n) is 5.72. The summed E-state index contributed by atoms with van der Waals surface area (Å²) in [6, 6.07) is 8.80. The number of fused-ring (bicyclic) bond motifs is 1. The molecule has 1 aliphatic rings. The van der Waals surface area contributed by atoms with Crippen LogP contribution in [0.5, 0.6) is 0 Å². The van der Waals surface area contributed by atoms with Gasteiger partial charge in [0.15, 0.2) is 0 Å². The molecule has 174 valence electrons. The van der Waals surface area contributed by atoms with E-state index in [1.54, 1.807) is 4.90 Å². The summed E-state index contributed by atoms with van der Waals surface area (Å²) in [5.74, 6) is -0.729. The number of benzene rings is 2. The molecule has 3 aromatic rings. The molecule has 11 heteroatoms. The van der Waals surface area contributed by atoms with Gasteiger partial charge in [-0.05, 0) is 49.2 Å². The van der Waals surface area contributed by atoms with Crippen molar-refractivity contribution < 1.29 is 17.6 Å². The van der Waals surface area contributed by atoms with Gasteiger partial charge in [0.05, 0.1) is 21.5 Å². The van der Waals surface area contributed by atoms with Gasteiger partial charge in [0, 0.05) is 33.1 Å². The average molecular weight is 475 g/mol. The molecule has 2 aromatic carbocycles. The smallest absolute Gasteiger partial charge is 0.331 e. The predicted molar refractivity (Wildman–Crippen MR) is 121 cm³/mol. The number of amides is 1. The molecule has 1 amide bonds. The molecule has 0 saturated carbocycles. The summed E-state index contributed by atoms with van der Waals surface area (Å²) in [6.07, 6.45) is 1.87. The molecule has 0 radical (unpaired) electrons. The molecule has 0 atom stereocenters. The van der Waals surface area contributed by atoms with E-state index in [2.05, 4.69) is 4.72 Å². The lowest BCUT2D eigenvalue weighted by Crippen LogP contribution is -2.40. The summed E-state index contributed by atoms with van der Waals surface area (Å²) >= 11 is 0. The highest BCUT2D eigenvalue weighted by Crippen LogP contribution is 2.20. The largest absolute Gasteiger partial charge is 0.343 e. The number of carbonyl (C=O) groups excluding carboxylic acids is 1. The number of hydrogen-bond donors (Lipinski definition) is 1. The summed E-state index contributed by atoms with van der Waals surface area (Å²) in [5, 5.41) is 0.0211. The van der Waals surface area contributed by atoms with Gasteiger partial charge in [-0.25, -0.2) is 17.6 Å². The fourth-order valence-corrected chi connectivity index (χ4v) is 5.03. The molecule has 4 rings (SSSR count). The Labute approximate surface area is 189 Å². The van der Waals surface area contributed by atoms with Crippen molar-refractivity contribution in [1.82, 2.24) is 14.0 Å². The van der Waals surface area contributed by atoms with Gasteiger partial charge in [0.2, 0.25) is 5.91 Å². The second-order valence-electron chi connectivity index (χ2n) is 7.93. The molecule has 1 aliphatic heterocycles. The van der Waals surface area contributed by atoms with Crippen molar-refractivity contribution >= 4 is 32.5 Å². The Morgan fingerprint density at radius 1 is 1.09 bits per heavy atom. The minimum absolute atomic E-state index is 0.000229. The quantitative estimate of drug-likeness (QED) is 0.584. The van der Waals surface area contributed by atoms with E-state index in [0.29, 0.717) is 13.1 Å². The second kappa shape index (κ2) is 8.81. The van der Waals surface area contributed by atoms with Gasteiger partial charge in [-0.15, -0.1) is 0 Å². The number of sulfonamides is 1. The first-order valence-corrected chi connectivity index (χ1v) is 12.0. The second-order valence-corrected chi connectivity index (χ2v) is 9.61. The van der Waals surface area contributed by atoms with Crippen LogP contribution in [0.1, 0.15) is 19.3 Å². The van der Waals surface area contributed by atoms with Crippen LogP contribution >= 0.6 is 0 Å². The van der Waals surface area contributed by atoms with Crippen molar-refractivity contribution in [3.63, 3.8) is 0 Å². The fraction of sp³-hybridized carbons (Fsp3) is 0.318. The van der Waals surface area contributed by atoms with Crippen LogP contribution in [-0.2, 0) is 28.4 Å². The van der Waals surface area contributed by atoms with Crippen LogP contribution in [0.2, 0.25) is 0 Å². The molecule has 2 heterocycles. The predicted octanol–water partition coefficient (Wildman–Crippen LogP) is 1.65. The molecule has 9 nitrogen and oxygen atoms in total. The number of aromatic nitrogens is 2. The number of carbonyl (C=O) groups is 1. The van der Waals surface area contributed by atoms with E-state index in [0.717, 1.165) is 23.5 Å². The first-order chi connectivity index (χ1) is 15.7. The van der Waals surface area contributed by atoms with Crippen LogP contribution in [0.15, 0.2) is 56.9 Å². The number of likely N-dealkylation sites (tertiary alicyclic amines) is 1. The van der Waals surface area contributed by atoms with Crippen LogP contribution in [0, 0.1) is 5.82 Å². The van der Waals surface area contributed by atoms with Crippen LogP contribution in [0.25, 0.3) is 10.9 Å².